The third-order valence-electron chi connectivity index (χ3n) is 2.71. The Bertz CT molecular complexity index is 653. The van der Waals surface area contributed by atoms with Crippen LogP contribution < -0.4 is 14.8 Å². The molecule has 0 aliphatic heterocycles. The highest BCUT2D eigenvalue weighted by Crippen LogP contribution is 2.30. The Morgan fingerprint density at radius 3 is 2.33 bits per heavy atom. The Labute approximate surface area is 122 Å². The summed E-state index contributed by atoms with van der Waals surface area (Å²) in [5.74, 6) is -0.0202. The van der Waals surface area contributed by atoms with Gasteiger partial charge >= 0.3 is 5.97 Å². The SMILES string of the molecule is COc1ccc(NC(=O)c2ccccc2)cc1OC(C)=O. The van der Waals surface area contributed by atoms with Crippen molar-refractivity contribution in [2.75, 3.05) is 12.4 Å². The van der Waals surface area contributed by atoms with Gasteiger partial charge in [0.05, 0.1) is 7.11 Å². The van der Waals surface area contributed by atoms with Crippen LogP contribution in [0.15, 0.2) is 48.5 Å². The van der Waals surface area contributed by atoms with Gasteiger partial charge < -0.3 is 14.8 Å². The van der Waals surface area contributed by atoms with Gasteiger partial charge in [-0.25, -0.2) is 0 Å². The predicted molar refractivity (Wildman–Crippen MR) is 78.7 cm³/mol. The van der Waals surface area contributed by atoms with E-state index in [2.05, 4.69) is 5.32 Å². The van der Waals surface area contributed by atoms with E-state index in [0.29, 0.717) is 17.0 Å². The summed E-state index contributed by atoms with van der Waals surface area (Å²) in [4.78, 5) is 23.1. The molecule has 1 amide bonds. The van der Waals surface area contributed by atoms with E-state index in [9.17, 15) is 9.59 Å². The van der Waals surface area contributed by atoms with Crippen LogP contribution in [0, 0.1) is 0 Å². The van der Waals surface area contributed by atoms with E-state index < -0.39 is 5.97 Å². The van der Waals surface area contributed by atoms with Gasteiger partial charge in [-0.05, 0) is 24.3 Å². The van der Waals surface area contributed by atoms with E-state index >= 15 is 0 Å². The summed E-state index contributed by atoms with van der Waals surface area (Å²) >= 11 is 0. The quantitative estimate of drug-likeness (QED) is 0.693. The number of hydrogen-bond acceptors (Lipinski definition) is 4. The van der Waals surface area contributed by atoms with E-state index in [4.69, 9.17) is 9.47 Å². The molecule has 0 saturated carbocycles. The van der Waals surface area contributed by atoms with Gasteiger partial charge in [-0.2, -0.15) is 0 Å². The Balaban J connectivity index is 2.20. The highest BCUT2D eigenvalue weighted by Gasteiger charge is 2.10. The predicted octanol–water partition coefficient (Wildman–Crippen LogP) is 2.87. The molecular formula is C16H15NO4. The number of benzene rings is 2. The first kappa shape index (κ1) is 14.6. The van der Waals surface area contributed by atoms with Crippen molar-refractivity contribution in [2.24, 2.45) is 0 Å². The van der Waals surface area contributed by atoms with Crippen LogP contribution in [0.5, 0.6) is 11.5 Å². The number of amides is 1. The zero-order valence-electron chi connectivity index (χ0n) is 11.8. The minimum atomic E-state index is -0.458. The summed E-state index contributed by atoms with van der Waals surface area (Å²) < 4.78 is 10.1. The third-order valence-corrected chi connectivity index (χ3v) is 2.71. The van der Waals surface area contributed by atoms with E-state index in [-0.39, 0.29) is 11.7 Å². The number of nitrogens with one attached hydrogen (secondary N) is 1. The van der Waals surface area contributed by atoms with Crippen LogP contribution in [-0.4, -0.2) is 19.0 Å². The minimum absolute atomic E-state index is 0.241. The molecule has 5 nitrogen and oxygen atoms in total. The van der Waals surface area contributed by atoms with Gasteiger partial charge in [0, 0.05) is 24.2 Å². The number of rotatable bonds is 4. The van der Waals surface area contributed by atoms with Gasteiger partial charge in [-0.1, -0.05) is 18.2 Å². The van der Waals surface area contributed by atoms with Gasteiger partial charge in [-0.3, -0.25) is 9.59 Å². The molecule has 0 unspecified atom stereocenters. The number of carbonyl (C=O) groups excluding carboxylic acids is 2. The van der Waals surface area contributed by atoms with Crippen LogP contribution in [0.2, 0.25) is 0 Å². The highest BCUT2D eigenvalue weighted by molar-refractivity contribution is 6.04. The zero-order valence-corrected chi connectivity index (χ0v) is 11.8. The number of hydrogen-bond donors (Lipinski definition) is 1. The lowest BCUT2D eigenvalue weighted by Crippen LogP contribution is -2.12. The number of ether oxygens (including phenoxy) is 2. The molecule has 0 radical (unpaired) electrons. The molecule has 0 aliphatic rings. The van der Waals surface area contributed by atoms with Gasteiger partial charge in [0.1, 0.15) is 0 Å². The fourth-order valence-electron chi connectivity index (χ4n) is 1.78. The Morgan fingerprint density at radius 2 is 1.71 bits per heavy atom. The topological polar surface area (TPSA) is 64.6 Å². The first-order valence-corrected chi connectivity index (χ1v) is 6.33. The summed E-state index contributed by atoms with van der Waals surface area (Å²) in [5.41, 5.74) is 1.06. The molecule has 1 N–H and O–H groups in total. The van der Waals surface area contributed by atoms with Crippen molar-refractivity contribution in [3.05, 3.63) is 54.1 Å². The highest BCUT2D eigenvalue weighted by atomic mass is 16.6. The number of anilines is 1. The molecule has 0 bridgehead atoms. The van der Waals surface area contributed by atoms with Crippen LogP contribution in [-0.2, 0) is 4.79 Å². The molecule has 2 aromatic rings. The van der Waals surface area contributed by atoms with Crippen molar-refractivity contribution >= 4 is 17.6 Å². The van der Waals surface area contributed by atoms with Gasteiger partial charge in [0.15, 0.2) is 11.5 Å². The molecule has 21 heavy (non-hydrogen) atoms. The van der Waals surface area contributed by atoms with Crippen LogP contribution in [0.4, 0.5) is 5.69 Å². The average Bonchev–Trinajstić information content (AvgIpc) is 2.48. The van der Waals surface area contributed by atoms with Gasteiger partial charge in [-0.15, -0.1) is 0 Å². The molecule has 0 saturated heterocycles. The minimum Gasteiger partial charge on any atom is -0.493 e. The first-order valence-electron chi connectivity index (χ1n) is 6.33. The third kappa shape index (κ3) is 3.82. The maximum absolute atomic E-state index is 12.1. The van der Waals surface area contributed by atoms with E-state index in [0.717, 1.165) is 0 Å². The summed E-state index contributed by atoms with van der Waals surface area (Å²) in [7, 11) is 1.48. The normalized spacial score (nSPS) is 9.81. The second-order valence-electron chi connectivity index (χ2n) is 4.28. The van der Waals surface area contributed by atoms with E-state index in [1.165, 1.54) is 14.0 Å². The van der Waals surface area contributed by atoms with Crippen LogP contribution in [0.3, 0.4) is 0 Å². The van der Waals surface area contributed by atoms with Crippen molar-refractivity contribution in [1.82, 2.24) is 0 Å². The van der Waals surface area contributed by atoms with Crippen LogP contribution >= 0.6 is 0 Å². The Kier molecular flexibility index (Phi) is 4.56. The van der Waals surface area contributed by atoms with Crippen molar-refractivity contribution in [1.29, 1.82) is 0 Å². The van der Waals surface area contributed by atoms with E-state index in [1.54, 1.807) is 42.5 Å². The smallest absolute Gasteiger partial charge is 0.308 e. The van der Waals surface area contributed by atoms with Crippen molar-refractivity contribution in [3.8, 4) is 11.5 Å². The lowest BCUT2D eigenvalue weighted by atomic mass is 10.2. The van der Waals surface area contributed by atoms with Gasteiger partial charge in [0.2, 0.25) is 0 Å². The monoisotopic (exact) mass is 285 g/mol. The molecule has 0 aromatic heterocycles. The van der Waals surface area contributed by atoms with Crippen molar-refractivity contribution in [3.63, 3.8) is 0 Å². The molecule has 0 atom stereocenters. The number of esters is 1. The summed E-state index contributed by atoms with van der Waals surface area (Å²) in [6, 6.07) is 13.7. The largest absolute Gasteiger partial charge is 0.493 e. The lowest BCUT2D eigenvalue weighted by molar-refractivity contribution is -0.132. The number of methoxy groups -OCH3 is 1. The van der Waals surface area contributed by atoms with Crippen molar-refractivity contribution < 1.29 is 19.1 Å². The summed E-state index contributed by atoms with van der Waals surface area (Å²) in [6.07, 6.45) is 0. The zero-order chi connectivity index (χ0) is 15.2. The molecular weight excluding hydrogens is 270 g/mol. The van der Waals surface area contributed by atoms with Crippen LogP contribution in [0.25, 0.3) is 0 Å². The fraction of sp³-hybridized carbons (Fsp3) is 0.125. The standard InChI is InChI=1S/C16H15NO4/c1-11(18)21-15-10-13(8-9-14(15)20-2)17-16(19)12-6-4-3-5-7-12/h3-10H,1-2H3,(H,17,19). The number of carbonyl (C=O) groups is 2. The Morgan fingerprint density at radius 1 is 1.00 bits per heavy atom. The van der Waals surface area contributed by atoms with E-state index in [1.807, 2.05) is 6.07 Å². The maximum Gasteiger partial charge on any atom is 0.308 e. The molecule has 0 spiro atoms. The fourth-order valence-corrected chi connectivity index (χ4v) is 1.78. The molecule has 0 aliphatic carbocycles. The maximum atomic E-state index is 12.1. The molecule has 0 fully saturated rings. The molecule has 2 rings (SSSR count). The van der Waals surface area contributed by atoms with Crippen LogP contribution in [0.1, 0.15) is 17.3 Å². The first-order chi connectivity index (χ1) is 10.1. The lowest BCUT2D eigenvalue weighted by Gasteiger charge is -2.11. The average molecular weight is 285 g/mol. The molecule has 2 aromatic carbocycles. The summed E-state index contributed by atoms with van der Waals surface area (Å²) in [5, 5.41) is 2.74. The molecule has 5 heteroatoms. The second-order valence-corrected chi connectivity index (χ2v) is 4.28. The Hall–Kier alpha value is -2.82. The second kappa shape index (κ2) is 6.56. The van der Waals surface area contributed by atoms with Crippen molar-refractivity contribution in [2.45, 2.75) is 6.92 Å². The summed E-state index contributed by atoms with van der Waals surface area (Å²) in [6.45, 7) is 1.30. The molecule has 0 heterocycles. The molecule has 108 valence electrons. The van der Waals surface area contributed by atoms with Gasteiger partial charge in [0.25, 0.3) is 5.91 Å².